The van der Waals surface area contributed by atoms with Crippen LogP contribution in [0.4, 0.5) is 16.0 Å². The number of nitrogens with zero attached hydrogens (tertiary/aromatic N) is 3. The Morgan fingerprint density at radius 3 is 2.63 bits per heavy atom. The van der Waals surface area contributed by atoms with Gasteiger partial charge in [-0.2, -0.15) is 4.98 Å². The lowest BCUT2D eigenvalue weighted by Gasteiger charge is -2.29. The van der Waals surface area contributed by atoms with E-state index in [1.54, 1.807) is 22.9 Å². The number of aromatic nitrogens is 3. The number of halogens is 1. The van der Waals surface area contributed by atoms with E-state index in [0.717, 1.165) is 5.56 Å². The van der Waals surface area contributed by atoms with Crippen LogP contribution in [0.2, 0.25) is 0 Å². The van der Waals surface area contributed by atoms with Crippen molar-refractivity contribution in [3.63, 3.8) is 0 Å². The van der Waals surface area contributed by atoms with Crippen molar-refractivity contribution < 1.29 is 13.9 Å². The maximum atomic E-state index is 14.2. The monoisotopic (exact) mass is 529 g/mol. The lowest BCUT2D eigenvalue weighted by atomic mass is 9.95. The average Bonchev–Trinajstić information content (AvgIpc) is 3.30. The van der Waals surface area contributed by atoms with E-state index < -0.39 is 6.04 Å². The van der Waals surface area contributed by atoms with Crippen molar-refractivity contribution in [3.05, 3.63) is 107 Å². The number of amides is 1. The summed E-state index contributed by atoms with van der Waals surface area (Å²) in [5.74, 6) is 1.08. The van der Waals surface area contributed by atoms with Crippen molar-refractivity contribution in [1.82, 2.24) is 14.8 Å². The number of allylic oxidation sites excluding steroid dienone is 1. The van der Waals surface area contributed by atoms with Gasteiger partial charge < -0.3 is 15.4 Å². The molecule has 0 saturated carbocycles. The third-order valence-corrected chi connectivity index (χ3v) is 6.86. The van der Waals surface area contributed by atoms with Crippen molar-refractivity contribution in [3.8, 4) is 5.75 Å². The zero-order valence-electron chi connectivity index (χ0n) is 21.3. The molecule has 38 heavy (non-hydrogen) atoms. The normalized spacial score (nSPS) is 14.7. The van der Waals surface area contributed by atoms with Crippen molar-refractivity contribution >= 4 is 29.3 Å². The van der Waals surface area contributed by atoms with Gasteiger partial charge in [0.05, 0.1) is 11.7 Å². The molecule has 0 saturated heterocycles. The maximum Gasteiger partial charge on any atom is 0.255 e. The fraction of sp³-hybridized carbons (Fsp3) is 0.207. The smallest absolute Gasteiger partial charge is 0.255 e. The molecule has 0 fully saturated rings. The molecule has 1 aromatic heterocycles. The molecule has 194 valence electrons. The van der Waals surface area contributed by atoms with Gasteiger partial charge in [0.2, 0.25) is 11.1 Å². The number of carbonyl (C=O) groups excluding carboxylic acids is 1. The summed E-state index contributed by atoms with van der Waals surface area (Å²) in [7, 11) is 0. The molecule has 2 heterocycles. The summed E-state index contributed by atoms with van der Waals surface area (Å²) in [6.07, 6.45) is -0.000263. The molecule has 1 aliphatic heterocycles. The third-order valence-electron chi connectivity index (χ3n) is 5.97. The van der Waals surface area contributed by atoms with Crippen LogP contribution in [0, 0.1) is 5.82 Å². The quantitative estimate of drug-likeness (QED) is 0.256. The predicted octanol–water partition coefficient (Wildman–Crippen LogP) is 6.42. The van der Waals surface area contributed by atoms with Gasteiger partial charge in [0, 0.05) is 17.1 Å². The number of hydrogen-bond donors (Lipinski definition) is 2. The number of anilines is 2. The van der Waals surface area contributed by atoms with Crippen molar-refractivity contribution in [2.24, 2.45) is 0 Å². The Hall–Kier alpha value is -4.11. The largest absolute Gasteiger partial charge is 0.491 e. The number of fused-ring (bicyclic) bond motifs is 1. The van der Waals surface area contributed by atoms with Gasteiger partial charge in [0.15, 0.2) is 0 Å². The molecular weight excluding hydrogens is 501 g/mol. The van der Waals surface area contributed by atoms with Crippen LogP contribution < -0.4 is 15.4 Å². The van der Waals surface area contributed by atoms with Crippen LogP contribution in [0.5, 0.6) is 5.75 Å². The van der Waals surface area contributed by atoms with Gasteiger partial charge in [-0.3, -0.25) is 4.79 Å². The summed E-state index contributed by atoms with van der Waals surface area (Å²) in [5.41, 5.74) is 3.28. The summed E-state index contributed by atoms with van der Waals surface area (Å²) in [4.78, 5) is 18.3. The zero-order valence-corrected chi connectivity index (χ0v) is 22.1. The van der Waals surface area contributed by atoms with Crippen molar-refractivity contribution in [1.29, 1.82) is 0 Å². The summed E-state index contributed by atoms with van der Waals surface area (Å²) < 4.78 is 21.8. The Bertz CT molecular complexity index is 1490. The van der Waals surface area contributed by atoms with Gasteiger partial charge in [-0.05, 0) is 62.2 Å². The van der Waals surface area contributed by atoms with Gasteiger partial charge in [0.25, 0.3) is 5.91 Å². The summed E-state index contributed by atoms with van der Waals surface area (Å²) in [5, 5.41) is 11.5. The first-order chi connectivity index (χ1) is 18.4. The molecule has 0 bridgehead atoms. The second-order valence-corrected chi connectivity index (χ2v) is 10.1. The van der Waals surface area contributed by atoms with Gasteiger partial charge >= 0.3 is 0 Å². The minimum atomic E-state index is -0.555. The summed E-state index contributed by atoms with van der Waals surface area (Å²) in [6, 6.07) is 23.1. The van der Waals surface area contributed by atoms with Crippen LogP contribution in [-0.4, -0.2) is 26.8 Å². The number of hydrogen-bond acceptors (Lipinski definition) is 6. The SMILES string of the molecule is CC1=C(C(=O)Nc2ccccc2)C(c2cccc(OC(C)C)c2)n2nc(SCc3ccccc3F)nc2N1. The van der Waals surface area contributed by atoms with Crippen LogP contribution in [0.15, 0.2) is 95.3 Å². The first-order valence-electron chi connectivity index (χ1n) is 12.3. The molecule has 1 unspecified atom stereocenters. The first-order valence-corrected chi connectivity index (χ1v) is 13.3. The molecule has 0 spiro atoms. The van der Waals surface area contributed by atoms with Crippen LogP contribution in [0.1, 0.15) is 37.9 Å². The Kier molecular flexibility index (Phi) is 7.46. The molecule has 5 rings (SSSR count). The summed E-state index contributed by atoms with van der Waals surface area (Å²) >= 11 is 1.34. The Balaban J connectivity index is 1.51. The van der Waals surface area contributed by atoms with E-state index in [4.69, 9.17) is 9.84 Å². The fourth-order valence-electron chi connectivity index (χ4n) is 4.30. The second kappa shape index (κ2) is 11.1. The van der Waals surface area contributed by atoms with Gasteiger partial charge in [-0.25, -0.2) is 9.07 Å². The lowest BCUT2D eigenvalue weighted by molar-refractivity contribution is -0.113. The Labute approximate surface area is 225 Å². The van der Waals surface area contributed by atoms with Crippen LogP contribution in [-0.2, 0) is 10.5 Å². The van der Waals surface area contributed by atoms with E-state index >= 15 is 0 Å². The first kappa shape index (κ1) is 25.5. The molecule has 1 amide bonds. The van der Waals surface area contributed by atoms with E-state index in [2.05, 4.69) is 15.6 Å². The van der Waals surface area contributed by atoms with E-state index in [-0.39, 0.29) is 17.8 Å². The molecule has 1 atom stereocenters. The molecule has 2 N–H and O–H groups in total. The lowest BCUT2D eigenvalue weighted by Crippen LogP contribution is -2.31. The van der Waals surface area contributed by atoms with Crippen molar-refractivity contribution in [2.45, 2.75) is 43.8 Å². The minimum Gasteiger partial charge on any atom is -0.491 e. The molecule has 1 aliphatic rings. The van der Waals surface area contributed by atoms with E-state index in [9.17, 15) is 9.18 Å². The van der Waals surface area contributed by atoms with E-state index in [0.29, 0.717) is 45.1 Å². The van der Waals surface area contributed by atoms with Gasteiger partial charge in [-0.1, -0.05) is 60.3 Å². The molecular formula is C29H28FN5O2S. The predicted molar refractivity (Wildman–Crippen MR) is 148 cm³/mol. The fourth-order valence-corrected chi connectivity index (χ4v) is 5.12. The highest BCUT2D eigenvalue weighted by molar-refractivity contribution is 7.98. The maximum absolute atomic E-state index is 14.2. The third kappa shape index (κ3) is 5.57. The number of nitrogens with one attached hydrogen (secondary N) is 2. The second-order valence-electron chi connectivity index (χ2n) is 9.17. The van der Waals surface area contributed by atoms with E-state index in [1.807, 2.05) is 75.4 Å². The van der Waals surface area contributed by atoms with Gasteiger partial charge in [-0.15, -0.1) is 5.10 Å². The van der Waals surface area contributed by atoms with E-state index in [1.165, 1.54) is 17.8 Å². The molecule has 0 aliphatic carbocycles. The molecule has 7 nitrogen and oxygen atoms in total. The summed E-state index contributed by atoms with van der Waals surface area (Å²) in [6.45, 7) is 5.79. The average molecular weight is 530 g/mol. The highest BCUT2D eigenvalue weighted by Gasteiger charge is 2.34. The standard InChI is InChI=1S/C29H28FN5O2S/c1-18(2)37-23-14-9-11-20(16-23)26-25(27(36)32-22-12-5-4-6-13-22)19(3)31-28-33-29(34-35(26)28)38-17-21-10-7-8-15-24(21)30/h4-16,18,26H,17H2,1-3H3,(H,32,36)(H,31,33,34). The molecule has 4 aromatic rings. The number of thioether (sulfide) groups is 1. The number of para-hydroxylation sites is 1. The molecule has 0 radical (unpaired) electrons. The number of carbonyl (C=O) groups is 1. The van der Waals surface area contributed by atoms with Gasteiger partial charge in [0.1, 0.15) is 17.6 Å². The minimum absolute atomic E-state index is 0.000263. The van der Waals surface area contributed by atoms with Crippen LogP contribution >= 0.6 is 11.8 Å². The highest BCUT2D eigenvalue weighted by Crippen LogP contribution is 2.38. The Morgan fingerprint density at radius 2 is 1.87 bits per heavy atom. The van der Waals surface area contributed by atoms with Crippen LogP contribution in [0.3, 0.4) is 0 Å². The number of rotatable bonds is 8. The molecule has 3 aromatic carbocycles. The number of benzene rings is 3. The topological polar surface area (TPSA) is 81.1 Å². The zero-order chi connectivity index (χ0) is 26.6. The molecule has 9 heteroatoms. The number of ether oxygens (including phenoxy) is 1. The van der Waals surface area contributed by atoms with Crippen molar-refractivity contribution in [2.75, 3.05) is 10.6 Å². The van der Waals surface area contributed by atoms with Crippen LogP contribution in [0.25, 0.3) is 0 Å². The Morgan fingerprint density at radius 1 is 1.11 bits per heavy atom. The highest BCUT2D eigenvalue weighted by atomic mass is 32.2.